The first-order chi connectivity index (χ1) is 11.9. The van der Waals surface area contributed by atoms with Crippen molar-refractivity contribution < 1.29 is 17.9 Å². The second-order valence-electron chi connectivity index (χ2n) is 5.57. The Balaban J connectivity index is 1.90. The third-order valence-electron chi connectivity index (χ3n) is 3.64. The van der Waals surface area contributed by atoms with E-state index in [9.17, 15) is 13.2 Å². The Kier molecular flexibility index (Phi) is 4.94. The molecule has 0 unspecified atom stereocenters. The van der Waals surface area contributed by atoms with Crippen LogP contribution in [-0.4, -0.2) is 32.5 Å². The monoisotopic (exact) mass is 381 g/mol. The molecule has 1 aromatic heterocycles. The van der Waals surface area contributed by atoms with Gasteiger partial charge in [0.25, 0.3) is 5.91 Å². The molecular formula is C16H16ClN3O4S. The van der Waals surface area contributed by atoms with Gasteiger partial charge in [-0.25, -0.2) is 13.1 Å². The van der Waals surface area contributed by atoms with Gasteiger partial charge in [0.15, 0.2) is 0 Å². The van der Waals surface area contributed by atoms with Crippen LogP contribution in [0.5, 0.6) is 5.75 Å². The molecule has 25 heavy (non-hydrogen) atoms. The van der Waals surface area contributed by atoms with Crippen LogP contribution in [0.4, 0.5) is 5.69 Å². The highest BCUT2D eigenvalue weighted by Crippen LogP contribution is 2.29. The van der Waals surface area contributed by atoms with Crippen LogP contribution in [0.2, 0.25) is 5.02 Å². The fourth-order valence-electron chi connectivity index (χ4n) is 2.18. The van der Waals surface area contributed by atoms with Gasteiger partial charge < -0.3 is 10.1 Å². The van der Waals surface area contributed by atoms with Crippen molar-refractivity contribution in [3.63, 3.8) is 0 Å². The van der Waals surface area contributed by atoms with Gasteiger partial charge in [0, 0.05) is 24.0 Å². The van der Waals surface area contributed by atoms with Gasteiger partial charge >= 0.3 is 0 Å². The van der Waals surface area contributed by atoms with E-state index in [1.54, 1.807) is 6.07 Å². The maximum atomic E-state index is 12.5. The fraction of sp³-hybridized carbons (Fsp3) is 0.250. The molecule has 2 N–H and O–H groups in total. The van der Waals surface area contributed by atoms with Crippen LogP contribution in [-0.2, 0) is 10.0 Å². The predicted molar refractivity (Wildman–Crippen MR) is 93.5 cm³/mol. The average Bonchev–Trinajstić information content (AvgIpc) is 3.39. The summed E-state index contributed by atoms with van der Waals surface area (Å²) in [4.78, 5) is 16.2. The number of sulfonamides is 1. The molecule has 1 saturated carbocycles. The molecule has 1 amide bonds. The van der Waals surface area contributed by atoms with Crippen LogP contribution >= 0.6 is 11.6 Å². The summed E-state index contributed by atoms with van der Waals surface area (Å²) in [6.07, 6.45) is 4.51. The number of ether oxygens (including phenoxy) is 1. The summed E-state index contributed by atoms with van der Waals surface area (Å²) in [6.45, 7) is 0. The minimum Gasteiger partial charge on any atom is -0.495 e. The summed E-state index contributed by atoms with van der Waals surface area (Å²) in [6, 6.07) is 5.72. The van der Waals surface area contributed by atoms with Gasteiger partial charge in [-0.2, -0.15) is 0 Å². The lowest BCUT2D eigenvalue weighted by Gasteiger charge is -2.12. The first-order valence-corrected chi connectivity index (χ1v) is 9.38. The van der Waals surface area contributed by atoms with E-state index in [4.69, 9.17) is 16.3 Å². The highest BCUT2D eigenvalue weighted by atomic mass is 35.5. The number of hydrogen-bond acceptors (Lipinski definition) is 5. The van der Waals surface area contributed by atoms with Crippen LogP contribution in [0, 0.1) is 0 Å². The Morgan fingerprint density at radius 2 is 2.08 bits per heavy atom. The number of nitrogens with one attached hydrogen (secondary N) is 2. The van der Waals surface area contributed by atoms with Gasteiger partial charge in [0.1, 0.15) is 10.6 Å². The molecule has 0 radical (unpaired) electrons. The molecular weight excluding hydrogens is 366 g/mol. The molecule has 1 aliphatic rings. The van der Waals surface area contributed by atoms with Crippen LogP contribution in [0.1, 0.15) is 23.2 Å². The summed E-state index contributed by atoms with van der Waals surface area (Å²) in [7, 11) is -2.39. The first kappa shape index (κ1) is 17.7. The molecule has 1 fully saturated rings. The Morgan fingerprint density at radius 1 is 1.32 bits per heavy atom. The van der Waals surface area contributed by atoms with Gasteiger partial charge in [0.2, 0.25) is 10.0 Å². The number of hydrogen-bond donors (Lipinski definition) is 2. The van der Waals surface area contributed by atoms with Crippen LogP contribution in [0.25, 0.3) is 0 Å². The highest BCUT2D eigenvalue weighted by Gasteiger charge is 2.30. The normalized spacial score (nSPS) is 14.2. The minimum atomic E-state index is -3.77. The summed E-state index contributed by atoms with van der Waals surface area (Å²) in [5.74, 6) is -0.315. The van der Waals surface area contributed by atoms with Crippen LogP contribution < -0.4 is 14.8 Å². The number of rotatable bonds is 6. The molecule has 0 aliphatic heterocycles. The van der Waals surface area contributed by atoms with Crippen molar-refractivity contribution in [2.24, 2.45) is 0 Å². The third kappa shape index (κ3) is 4.09. The van der Waals surface area contributed by atoms with E-state index in [1.165, 1.54) is 37.7 Å². The molecule has 9 heteroatoms. The molecule has 0 atom stereocenters. The lowest BCUT2D eigenvalue weighted by molar-refractivity contribution is 0.102. The van der Waals surface area contributed by atoms with E-state index in [0.717, 1.165) is 12.8 Å². The van der Waals surface area contributed by atoms with Gasteiger partial charge in [-0.1, -0.05) is 11.6 Å². The summed E-state index contributed by atoms with van der Waals surface area (Å²) >= 11 is 5.97. The number of halogens is 1. The molecule has 7 nitrogen and oxygen atoms in total. The van der Waals surface area contributed by atoms with Crippen LogP contribution in [0.15, 0.2) is 41.6 Å². The Bertz CT molecular complexity index is 913. The average molecular weight is 382 g/mol. The van der Waals surface area contributed by atoms with Crippen LogP contribution in [0.3, 0.4) is 0 Å². The standard InChI is InChI=1S/C16H16ClN3O4S/c1-24-14-5-2-10(8-15(14)25(22,23)20-11-3-4-11)16(21)19-13-6-7-18-9-12(13)17/h2,5-9,11,20H,3-4H2,1H3,(H,18,19,21). The molecule has 2 aromatic rings. The second kappa shape index (κ2) is 6.99. The molecule has 3 rings (SSSR count). The lowest BCUT2D eigenvalue weighted by atomic mass is 10.2. The Morgan fingerprint density at radius 3 is 2.72 bits per heavy atom. The number of methoxy groups -OCH3 is 1. The quantitative estimate of drug-likeness (QED) is 0.800. The van der Waals surface area contributed by atoms with Crippen molar-refractivity contribution in [1.82, 2.24) is 9.71 Å². The van der Waals surface area contributed by atoms with Crippen molar-refractivity contribution in [3.05, 3.63) is 47.2 Å². The number of anilines is 1. The maximum absolute atomic E-state index is 12.5. The van der Waals surface area contributed by atoms with E-state index in [0.29, 0.717) is 5.69 Å². The number of benzene rings is 1. The number of amides is 1. The smallest absolute Gasteiger partial charge is 0.255 e. The Labute approximate surface area is 150 Å². The van der Waals surface area contributed by atoms with Gasteiger partial charge in [0.05, 0.1) is 17.8 Å². The topological polar surface area (TPSA) is 97.4 Å². The molecule has 1 heterocycles. The van der Waals surface area contributed by atoms with Crippen molar-refractivity contribution >= 4 is 33.2 Å². The van der Waals surface area contributed by atoms with Crippen molar-refractivity contribution in [2.45, 2.75) is 23.8 Å². The number of carbonyl (C=O) groups is 1. The van der Waals surface area contributed by atoms with E-state index in [1.807, 2.05) is 0 Å². The maximum Gasteiger partial charge on any atom is 0.255 e. The zero-order valence-electron chi connectivity index (χ0n) is 13.3. The summed E-state index contributed by atoms with van der Waals surface area (Å²) in [5, 5.41) is 2.91. The van der Waals surface area contributed by atoms with E-state index in [2.05, 4.69) is 15.0 Å². The first-order valence-electron chi connectivity index (χ1n) is 7.52. The van der Waals surface area contributed by atoms with Gasteiger partial charge in [-0.3, -0.25) is 9.78 Å². The second-order valence-corrected chi connectivity index (χ2v) is 7.66. The predicted octanol–water partition coefficient (Wildman–Crippen LogP) is 2.44. The molecule has 0 bridgehead atoms. The number of aromatic nitrogens is 1. The van der Waals surface area contributed by atoms with E-state index < -0.39 is 15.9 Å². The minimum absolute atomic E-state index is 0.0529. The third-order valence-corrected chi connectivity index (χ3v) is 5.48. The summed E-state index contributed by atoms with van der Waals surface area (Å²) in [5.41, 5.74) is 0.558. The SMILES string of the molecule is COc1ccc(C(=O)Nc2ccncc2Cl)cc1S(=O)(=O)NC1CC1. The van der Waals surface area contributed by atoms with Crippen molar-refractivity contribution in [1.29, 1.82) is 0 Å². The molecule has 1 aromatic carbocycles. The molecule has 0 saturated heterocycles. The number of nitrogens with zero attached hydrogens (tertiary/aromatic N) is 1. The Hall–Kier alpha value is -2.16. The summed E-state index contributed by atoms with van der Waals surface area (Å²) < 4.78 is 32.7. The van der Waals surface area contributed by atoms with Gasteiger partial charge in [-0.05, 0) is 37.1 Å². The van der Waals surface area contributed by atoms with E-state index >= 15 is 0 Å². The molecule has 132 valence electrons. The lowest BCUT2D eigenvalue weighted by Crippen LogP contribution is -2.26. The molecule has 0 spiro atoms. The van der Waals surface area contributed by atoms with Gasteiger partial charge in [-0.15, -0.1) is 0 Å². The zero-order chi connectivity index (χ0) is 18.0. The number of pyridine rings is 1. The highest BCUT2D eigenvalue weighted by molar-refractivity contribution is 7.89. The number of carbonyl (C=O) groups excluding carboxylic acids is 1. The fourth-order valence-corrected chi connectivity index (χ4v) is 3.85. The van der Waals surface area contributed by atoms with Crippen molar-refractivity contribution in [3.8, 4) is 5.75 Å². The molecule has 1 aliphatic carbocycles. The largest absolute Gasteiger partial charge is 0.495 e. The zero-order valence-corrected chi connectivity index (χ0v) is 14.9. The van der Waals surface area contributed by atoms with E-state index in [-0.39, 0.29) is 27.3 Å². The van der Waals surface area contributed by atoms with Crippen molar-refractivity contribution in [2.75, 3.05) is 12.4 Å².